The van der Waals surface area contributed by atoms with E-state index in [0.717, 1.165) is 0 Å². The first-order chi connectivity index (χ1) is 13.6. The standard InChI is InChI=1S/C19H18N4O5/c1-26-11-16(24)20-15-6-4-3-5-14(15)17(25)21-19-23-22-18(28-19)12-7-9-13(27-2)10-8-12/h3-10H,11H2,1-2H3,(H,20,24)(H,21,23,25). The molecule has 1 heterocycles. The van der Waals surface area contributed by atoms with Crippen LogP contribution in [0.25, 0.3) is 11.5 Å². The zero-order chi connectivity index (χ0) is 19.9. The second-order valence-electron chi connectivity index (χ2n) is 5.62. The number of carbonyl (C=O) groups is 2. The topological polar surface area (TPSA) is 116 Å². The van der Waals surface area contributed by atoms with E-state index in [-0.39, 0.29) is 30.0 Å². The third-order valence-electron chi connectivity index (χ3n) is 3.70. The predicted octanol–water partition coefficient (Wildman–Crippen LogP) is 2.58. The van der Waals surface area contributed by atoms with Crippen molar-refractivity contribution in [3.8, 4) is 17.2 Å². The summed E-state index contributed by atoms with van der Waals surface area (Å²) in [6, 6.07) is 13.5. The number of nitrogens with one attached hydrogen (secondary N) is 2. The Balaban J connectivity index is 1.73. The van der Waals surface area contributed by atoms with Gasteiger partial charge in [0.25, 0.3) is 5.91 Å². The number of benzene rings is 2. The van der Waals surface area contributed by atoms with Crippen molar-refractivity contribution in [1.29, 1.82) is 0 Å². The lowest BCUT2D eigenvalue weighted by Gasteiger charge is -2.09. The van der Waals surface area contributed by atoms with Crippen LogP contribution in [0.4, 0.5) is 11.7 Å². The first kappa shape index (κ1) is 19.1. The van der Waals surface area contributed by atoms with Gasteiger partial charge in [-0.25, -0.2) is 0 Å². The van der Waals surface area contributed by atoms with Crippen molar-refractivity contribution < 1.29 is 23.5 Å². The van der Waals surface area contributed by atoms with Crippen LogP contribution in [0.5, 0.6) is 5.75 Å². The maximum atomic E-state index is 12.6. The number of nitrogens with zero attached hydrogens (tertiary/aromatic N) is 2. The molecule has 0 atom stereocenters. The summed E-state index contributed by atoms with van der Waals surface area (Å²) in [5.41, 5.74) is 1.27. The molecule has 0 fully saturated rings. The number of para-hydroxylation sites is 1. The molecule has 0 aliphatic rings. The Morgan fingerprint density at radius 3 is 2.46 bits per heavy atom. The summed E-state index contributed by atoms with van der Waals surface area (Å²) < 4.78 is 15.4. The fourth-order valence-corrected chi connectivity index (χ4v) is 2.40. The van der Waals surface area contributed by atoms with Crippen LogP contribution >= 0.6 is 0 Å². The fourth-order valence-electron chi connectivity index (χ4n) is 2.40. The smallest absolute Gasteiger partial charge is 0.322 e. The Kier molecular flexibility index (Phi) is 5.97. The van der Waals surface area contributed by atoms with Crippen LogP contribution in [0.1, 0.15) is 10.4 Å². The Labute approximate surface area is 160 Å². The molecule has 2 aromatic carbocycles. The number of anilines is 2. The number of amides is 2. The minimum atomic E-state index is -0.502. The van der Waals surface area contributed by atoms with Gasteiger partial charge in [-0.2, -0.15) is 0 Å². The lowest BCUT2D eigenvalue weighted by molar-refractivity contribution is -0.119. The highest BCUT2D eigenvalue weighted by Gasteiger charge is 2.16. The molecular formula is C19H18N4O5. The van der Waals surface area contributed by atoms with E-state index in [0.29, 0.717) is 17.0 Å². The largest absolute Gasteiger partial charge is 0.497 e. The Morgan fingerprint density at radius 2 is 1.75 bits per heavy atom. The molecule has 9 nitrogen and oxygen atoms in total. The third kappa shape index (κ3) is 4.51. The number of carbonyl (C=O) groups excluding carboxylic acids is 2. The highest BCUT2D eigenvalue weighted by atomic mass is 16.5. The fraction of sp³-hybridized carbons (Fsp3) is 0.158. The minimum absolute atomic E-state index is 0.0613. The summed E-state index contributed by atoms with van der Waals surface area (Å²) in [5, 5.41) is 12.9. The second-order valence-corrected chi connectivity index (χ2v) is 5.62. The van der Waals surface area contributed by atoms with Gasteiger partial charge in [-0.3, -0.25) is 14.9 Å². The molecule has 0 saturated carbocycles. The summed E-state index contributed by atoms with van der Waals surface area (Å²) in [5.74, 6) is 0.0733. The molecule has 144 valence electrons. The van der Waals surface area contributed by atoms with Gasteiger partial charge in [-0.1, -0.05) is 17.2 Å². The Hall–Kier alpha value is -3.72. The lowest BCUT2D eigenvalue weighted by atomic mass is 10.1. The van der Waals surface area contributed by atoms with Crippen molar-refractivity contribution in [2.24, 2.45) is 0 Å². The predicted molar refractivity (Wildman–Crippen MR) is 101 cm³/mol. The molecule has 0 aliphatic carbocycles. The highest BCUT2D eigenvalue weighted by molar-refractivity contribution is 6.09. The van der Waals surface area contributed by atoms with Crippen LogP contribution in [0.15, 0.2) is 52.9 Å². The highest BCUT2D eigenvalue weighted by Crippen LogP contribution is 2.23. The van der Waals surface area contributed by atoms with Gasteiger partial charge < -0.3 is 19.2 Å². The maximum Gasteiger partial charge on any atom is 0.322 e. The molecule has 3 aromatic rings. The Morgan fingerprint density at radius 1 is 1.00 bits per heavy atom. The van der Waals surface area contributed by atoms with E-state index >= 15 is 0 Å². The first-order valence-corrected chi connectivity index (χ1v) is 8.28. The molecule has 0 bridgehead atoms. The number of rotatable bonds is 7. The molecule has 2 amide bonds. The molecule has 28 heavy (non-hydrogen) atoms. The third-order valence-corrected chi connectivity index (χ3v) is 3.70. The molecule has 2 N–H and O–H groups in total. The SMILES string of the molecule is COCC(=O)Nc1ccccc1C(=O)Nc1nnc(-c2ccc(OC)cc2)o1. The average molecular weight is 382 g/mol. The molecule has 9 heteroatoms. The van der Waals surface area contributed by atoms with Crippen molar-refractivity contribution in [3.05, 3.63) is 54.1 Å². The maximum absolute atomic E-state index is 12.6. The van der Waals surface area contributed by atoms with Crippen LogP contribution in [-0.2, 0) is 9.53 Å². The van der Waals surface area contributed by atoms with Gasteiger partial charge in [-0.15, -0.1) is 5.10 Å². The van der Waals surface area contributed by atoms with E-state index in [1.54, 1.807) is 55.6 Å². The van der Waals surface area contributed by atoms with E-state index in [1.165, 1.54) is 7.11 Å². The average Bonchev–Trinajstić information content (AvgIpc) is 3.17. The molecular weight excluding hydrogens is 364 g/mol. The molecule has 0 saturated heterocycles. The van der Waals surface area contributed by atoms with Gasteiger partial charge in [0, 0.05) is 12.7 Å². The van der Waals surface area contributed by atoms with Gasteiger partial charge in [0.1, 0.15) is 12.4 Å². The van der Waals surface area contributed by atoms with Gasteiger partial charge in [-0.05, 0) is 36.4 Å². The lowest BCUT2D eigenvalue weighted by Crippen LogP contribution is -2.21. The van der Waals surface area contributed by atoms with Crippen molar-refractivity contribution in [1.82, 2.24) is 10.2 Å². The molecule has 3 rings (SSSR count). The Bertz CT molecular complexity index is 968. The summed E-state index contributed by atoms with van der Waals surface area (Å²) in [6.07, 6.45) is 0. The summed E-state index contributed by atoms with van der Waals surface area (Å²) >= 11 is 0. The molecule has 1 aromatic heterocycles. The van der Waals surface area contributed by atoms with Gasteiger partial charge in [0.2, 0.25) is 11.8 Å². The van der Waals surface area contributed by atoms with E-state index in [4.69, 9.17) is 13.9 Å². The summed E-state index contributed by atoms with van der Waals surface area (Å²) in [4.78, 5) is 24.3. The van der Waals surface area contributed by atoms with E-state index in [1.807, 2.05) is 0 Å². The molecule has 0 spiro atoms. The van der Waals surface area contributed by atoms with Crippen LogP contribution in [0.2, 0.25) is 0 Å². The summed E-state index contributed by atoms with van der Waals surface area (Å²) in [6.45, 7) is -0.120. The number of methoxy groups -OCH3 is 2. The van der Waals surface area contributed by atoms with E-state index in [9.17, 15) is 9.59 Å². The number of ether oxygens (including phenoxy) is 2. The molecule has 0 aliphatic heterocycles. The number of hydrogen-bond donors (Lipinski definition) is 2. The van der Waals surface area contributed by atoms with Gasteiger partial charge in [0.15, 0.2) is 0 Å². The van der Waals surface area contributed by atoms with E-state index < -0.39 is 5.91 Å². The molecule has 0 unspecified atom stereocenters. The monoisotopic (exact) mass is 382 g/mol. The van der Waals surface area contributed by atoms with Crippen molar-refractivity contribution in [2.45, 2.75) is 0 Å². The van der Waals surface area contributed by atoms with Gasteiger partial charge in [0.05, 0.1) is 18.4 Å². The number of hydrogen-bond acceptors (Lipinski definition) is 7. The van der Waals surface area contributed by atoms with Crippen LogP contribution in [0, 0.1) is 0 Å². The molecule has 0 radical (unpaired) electrons. The minimum Gasteiger partial charge on any atom is -0.497 e. The first-order valence-electron chi connectivity index (χ1n) is 8.28. The van der Waals surface area contributed by atoms with Crippen LogP contribution < -0.4 is 15.4 Å². The van der Waals surface area contributed by atoms with Crippen molar-refractivity contribution in [3.63, 3.8) is 0 Å². The van der Waals surface area contributed by atoms with E-state index in [2.05, 4.69) is 20.8 Å². The van der Waals surface area contributed by atoms with Crippen LogP contribution in [-0.4, -0.2) is 42.8 Å². The van der Waals surface area contributed by atoms with Crippen molar-refractivity contribution >= 4 is 23.5 Å². The number of aromatic nitrogens is 2. The quantitative estimate of drug-likeness (QED) is 0.645. The van der Waals surface area contributed by atoms with Gasteiger partial charge >= 0.3 is 6.01 Å². The zero-order valence-electron chi connectivity index (χ0n) is 15.3. The normalized spacial score (nSPS) is 10.4. The van der Waals surface area contributed by atoms with Crippen LogP contribution in [0.3, 0.4) is 0 Å². The summed E-state index contributed by atoms with van der Waals surface area (Å²) in [7, 11) is 2.99. The second kappa shape index (κ2) is 8.78. The van der Waals surface area contributed by atoms with Crippen molar-refractivity contribution in [2.75, 3.05) is 31.5 Å². The zero-order valence-corrected chi connectivity index (χ0v) is 15.3.